The highest BCUT2D eigenvalue weighted by Crippen LogP contribution is 2.43. The van der Waals surface area contributed by atoms with E-state index in [1.54, 1.807) is 0 Å². The van der Waals surface area contributed by atoms with Gasteiger partial charge in [-0.1, -0.05) is 36.4 Å². The van der Waals surface area contributed by atoms with Crippen molar-refractivity contribution in [3.63, 3.8) is 0 Å². The fourth-order valence-corrected chi connectivity index (χ4v) is 5.74. The average molecular weight is 462 g/mol. The summed E-state index contributed by atoms with van der Waals surface area (Å²) in [4.78, 5) is 6.00. The van der Waals surface area contributed by atoms with Crippen LogP contribution in [0.2, 0.25) is 0 Å². The van der Waals surface area contributed by atoms with Gasteiger partial charge >= 0.3 is 0 Å². The second-order valence-electron chi connectivity index (χ2n) is 10.9. The molecular formula is C31H31N3O. The molecule has 0 amide bonds. The minimum Gasteiger partial charge on any atom is -0.486 e. The Morgan fingerprint density at radius 2 is 1.83 bits per heavy atom. The standard InChI is InChI=1S/C31H31N3O/c1-30(2,3)34-15-7-10-23-16-22(12-14-29(23)34)11-13-27-17-26(28(21-32)33-4)20-31(35-27)18-24-8-5-6-9-25(24)19-31/h5-6,8-9,11-14,16-17H,7,10,15,18-20H2,1-3H3. The lowest BCUT2D eigenvalue weighted by atomic mass is 9.87. The minimum atomic E-state index is -0.441. The number of hydrogen-bond acceptors (Lipinski definition) is 3. The lowest BCUT2D eigenvalue weighted by molar-refractivity contribution is 0.0108. The van der Waals surface area contributed by atoms with Gasteiger partial charge in [-0.25, -0.2) is 10.1 Å². The largest absolute Gasteiger partial charge is 0.486 e. The Kier molecular flexibility index (Phi) is 5.78. The molecule has 0 bridgehead atoms. The van der Waals surface area contributed by atoms with Gasteiger partial charge in [-0.2, -0.15) is 0 Å². The van der Waals surface area contributed by atoms with E-state index in [1.807, 2.05) is 12.2 Å². The molecule has 1 aliphatic carbocycles. The second-order valence-corrected chi connectivity index (χ2v) is 10.9. The first-order valence-corrected chi connectivity index (χ1v) is 12.4. The molecule has 1 spiro atoms. The molecule has 5 rings (SSSR count). The van der Waals surface area contributed by atoms with Crippen molar-refractivity contribution in [3.8, 4) is 6.07 Å². The van der Waals surface area contributed by atoms with Crippen molar-refractivity contribution in [1.29, 1.82) is 5.26 Å². The summed E-state index contributed by atoms with van der Waals surface area (Å²) in [6.07, 6.45) is 10.4. The zero-order chi connectivity index (χ0) is 24.6. The van der Waals surface area contributed by atoms with Crippen molar-refractivity contribution in [2.75, 3.05) is 11.4 Å². The zero-order valence-corrected chi connectivity index (χ0v) is 20.8. The summed E-state index contributed by atoms with van der Waals surface area (Å²) in [6.45, 7) is 15.4. The number of rotatable bonds is 2. The summed E-state index contributed by atoms with van der Waals surface area (Å²) in [7, 11) is 0. The third-order valence-electron chi connectivity index (χ3n) is 7.30. The van der Waals surface area contributed by atoms with Crippen molar-refractivity contribution in [3.05, 3.63) is 105 Å². The molecule has 4 heteroatoms. The molecular weight excluding hydrogens is 430 g/mol. The smallest absolute Gasteiger partial charge is 0.265 e. The van der Waals surface area contributed by atoms with Crippen LogP contribution in [0.5, 0.6) is 0 Å². The predicted molar refractivity (Wildman–Crippen MR) is 141 cm³/mol. The highest BCUT2D eigenvalue weighted by Gasteiger charge is 2.42. The van der Waals surface area contributed by atoms with Crippen molar-refractivity contribution in [1.82, 2.24) is 0 Å². The summed E-state index contributed by atoms with van der Waals surface area (Å²) in [5, 5.41) is 9.55. The van der Waals surface area contributed by atoms with E-state index in [0.717, 1.165) is 43.4 Å². The van der Waals surface area contributed by atoms with E-state index in [2.05, 4.69) is 85.1 Å². The summed E-state index contributed by atoms with van der Waals surface area (Å²) in [6, 6.07) is 17.2. The van der Waals surface area contributed by atoms with Crippen LogP contribution in [-0.4, -0.2) is 17.7 Å². The molecule has 2 aromatic carbocycles. The van der Waals surface area contributed by atoms with Gasteiger partial charge in [0.15, 0.2) is 0 Å². The maximum absolute atomic E-state index is 9.55. The van der Waals surface area contributed by atoms with E-state index in [4.69, 9.17) is 11.3 Å². The first-order chi connectivity index (χ1) is 16.8. The number of hydrogen-bond donors (Lipinski definition) is 0. The summed E-state index contributed by atoms with van der Waals surface area (Å²) in [5.41, 5.74) is 7.02. The highest BCUT2D eigenvalue weighted by molar-refractivity contribution is 5.64. The van der Waals surface area contributed by atoms with Gasteiger partial charge in [-0.15, -0.1) is 0 Å². The average Bonchev–Trinajstić information content (AvgIpc) is 3.19. The second kappa shape index (κ2) is 8.79. The molecule has 0 aromatic heterocycles. The molecule has 35 heavy (non-hydrogen) atoms. The SMILES string of the molecule is [C-]#[N+]C(C#N)=C1C=C(C=Cc2ccc3c(c2)CCCN3C(C)(C)C)OC2(C1)Cc1ccccc1C2. The Labute approximate surface area is 208 Å². The molecule has 0 saturated carbocycles. The fraction of sp³-hybridized carbons (Fsp3) is 0.355. The monoisotopic (exact) mass is 461 g/mol. The number of nitrogens with zero attached hydrogens (tertiary/aromatic N) is 3. The van der Waals surface area contributed by atoms with Crippen molar-refractivity contribution < 1.29 is 4.74 Å². The van der Waals surface area contributed by atoms with Crippen LogP contribution >= 0.6 is 0 Å². The third kappa shape index (κ3) is 4.50. The molecule has 2 heterocycles. The first kappa shape index (κ1) is 23.0. The number of ether oxygens (including phenoxy) is 1. The maximum atomic E-state index is 9.55. The molecule has 0 unspecified atom stereocenters. The van der Waals surface area contributed by atoms with Crippen molar-refractivity contribution in [2.24, 2.45) is 0 Å². The minimum absolute atomic E-state index is 0.102. The van der Waals surface area contributed by atoms with Gasteiger partial charge in [0, 0.05) is 37.0 Å². The lowest BCUT2D eigenvalue weighted by Gasteiger charge is -2.41. The van der Waals surface area contributed by atoms with Crippen LogP contribution in [0.3, 0.4) is 0 Å². The van der Waals surface area contributed by atoms with E-state index in [-0.39, 0.29) is 11.2 Å². The molecule has 0 radical (unpaired) electrons. The summed E-state index contributed by atoms with van der Waals surface area (Å²) in [5.74, 6) is 0.712. The fourth-order valence-electron chi connectivity index (χ4n) is 5.74. The quantitative estimate of drug-likeness (QED) is 0.365. The molecule has 4 nitrogen and oxygen atoms in total. The number of aryl methyl sites for hydroxylation is 1. The molecule has 0 saturated heterocycles. The predicted octanol–water partition coefficient (Wildman–Crippen LogP) is 6.79. The Bertz CT molecular complexity index is 1300. The van der Waals surface area contributed by atoms with Gasteiger partial charge in [0.25, 0.3) is 5.70 Å². The number of benzene rings is 2. The van der Waals surface area contributed by atoms with Crippen LogP contribution in [0.25, 0.3) is 10.9 Å². The van der Waals surface area contributed by atoms with Crippen LogP contribution in [-0.2, 0) is 24.0 Å². The van der Waals surface area contributed by atoms with Crippen molar-refractivity contribution in [2.45, 2.75) is 64.0 Å². The highest BCUT2D eigenvalue weighted by atomic mass is 16.5. The van der Waals surface area contributed by atoms with E-state index in [9.17, 15) is 5.26 Å². The summed E-state index contributed by atoms with van der Waals surface area (Å²) >= 11 is 0. The van der Waals surface area contributed by atoms with Crippen LogP contribution in [0.15, 0.2) is 71.6 Å². The molecule has 0 atom stereocenters. The topological polar surface area (TPSA) is 40.6 Å². The molecule has 0 fully saturated rings. The van der Waals surface area contributed by atoms with Gasteiger partial charge in [0.05, 0.1) is 12.6 Å². The summed E-state index contributed by atoms with van der Waals surface area (Å²) < 4.78 is 6.60. The normalized spacial score (nSPS) is 19.9. The maximum Gasteiger partial charge on any atom is 0.265 e. The number of fused-ring (bicyclic) bond motifs is 2. The first-order valence-electron chi connectivity index (χ1n) is 12.4. The Morgan fingerprint density at radius 1 is 1.09 bits per heavy atom. The van der Waals surface area contributed by atoms with Gasteiger partial charge in [0.2, 0.25) is 0 Å². The van der Waals surface area contributed by atoms with E-state index in [1.165, 1.54) is 22.4 Å². The molecule has 3 aliphatic rings. The van der Waals surface area contributed by atoms with E-state index >= 15 is 0 Å². The van der Waals surface area contributed by atoms with Crippen molar-refractivity contribution >= 4 is 11.8 Å². The zero-order valence-electron chi connectivity index (χ0n) is 20.8. The van der Waals surface area contributed by atoms with Gasteiger partial charge in [0.1, 0.15) is 11.4 Å². The van der Waals surface area contributed by atoms with E-state index in [0.29, 0.717) is 12.2 Å². The molecule has 2 aromatic rings. The Hall–Kier alpha value is -3.76. The van der Waals surface area contributed by atoms with Gasteiger partial charge < -0.3 is 9.64 Å². The lowest BCUT2D eigenvalue weighted by Crippen LogP contribution is -2.44. The Balaban J connectivity index is 1.45. The van der Waals surface area contributed by atoms with Gasteiger partial charge in [-0.3, -0.25) is 0 Å². The number of nitriles is 1. The van der Waals surface area contributed by atoms with Gasteiger partial charge in [-0.05, 0) is 85.7 Å². The molecule has 176 valence electrons. The number of allylic oxidation sites excluding steroid dienone is 3. The third-order valence-corrected chi connectivity index (χ3v) is 7.30. The van der Waals surface area contributed by atoms with Crippen LogP contribution < -0.4 is 4.90 Å². The molecule has 2 aliphatic heterocycles. The van der Waals surface area contributed by atoms with Crippen LogP contribution in [0, 0.1) is 17.9 Å². The van der Waals surface area contributed by atoms with E-state index < -0.39 is 5.60 Å². The number of anilines is 1. The Morgan fingerprint density at radius 3 is 2.49 bits per heavy atom. The van der Waals surface area contributed by atoms with Crippen LogP contribution in [0.1, 0.15) is 55.9 Å². The molecule has 0 N–H and O–H groups in total. The van der Waals surface area contributed by atoms with Crippen LogP contribution in [0.4, 0.5) is 5.69 Å².